The molecule has 0 saturated carbocycles. The van der Waals surface area contributed by atoms with Crippen molar-refractivity contribution in [2.45, 2.75) is 57.3 Å². The third-order valence-corrected chi connectivity index (χ3v) is 4.42. The summed E-state index contributed by atoms with van der Waals surface area (Å²) in [6.45, 7) is 12.9. The molecule has 2 aromatic rings. The van der Waals surface area contributed by atoms with Crippen molar-refractivity contribution >= 4 is 52.4 Å². The van der Waals surface area contributed by atoms with Crippen molar-refractivity contribution in [1.82, 2.24) is 0 Å². The number of aliphatic imine (C=N–C) groups is 1. The van der Waals surface area contributed by atoms with Crippen LogP contribution in [0.1, 0.15) is 58.2 Å². The molecule has 0 aromatic heterocycles. The number of para-hydroxylation sites is 1. The Morgan fingerprint density at radius 1 is 0.964 bits per heavy atom. The molecule has 0 spiro atoms. The van der Waals surface area contributed by atoms with E-state index in [1.54, 1.807) is 6.21 Å². The van der Waals surface area contributed by atoms with E-state index in [0.29, 0.717) is 5.75 Å². The van der Waals surface area contributed by atoms with Crippen molar-refractivity contribution < 1.29 is 19.8 Å². The fraction of sp³-hybridized carbons (Fsp3) is 0.381. The molecule has 2 rings (SSSR count). The normalized spacial score (nSPS) is 11.9. The van der Waals surface area contributed by atoms with Crippen molar-refractivity contribution in [2.24, 2.45) is 4.99 Å². The Labute approximate surface area is 192 Å². The Bertz CT molecular complexity index is 825. The van der Waals surface area contributed by atoms with Crippen LogP contribution in [0.4, 0.5) is 5.69 Å². The number of thiol groups is 1. The molecule has 0 aliphatic heterocycles. The standard InChI is InChI=1S/C21H27NOS.3ClH.Ti/c1-20(2,3)15-11-14(19(23)16(12-15)21(4,5)6)13-22-17-9-7-8-10-18(17)24;;;;/h7-13,23-24H,1-6H3;3*1H;/q;;;;+3/p-3. The fourth-order valence-corrected chi connectivity index (χ4v) is 2.69. The summed E-state index contributed by atoms with van der Waals surface area (Å²) in [6.07, 6.45) is 1.73. The molecule has 0 aliphatic rings. The SMILES string of the molecule is CC(C)(C)c1cc(C=Nc2ccccc2S)c(O)c(C(C)(C)C)c1.[Cl][Ti]([Cl])[Cl]. The van der Waals surface area contributed by atoms with Gasteiger partial charge in [-0.15, -0.1) is 12.6 Å². The molecule has 153 valence electrons. The van der Waals surface area contributed by atoms with E-state index in [1.165, 1.54) is 5.56 Å². The molecule has 7 heteroatoms. The molecular formula is C21H27Cl3NOSTi. The zero-order valence-corrected chi connectivity index (χ0v) is 21.7. The Kier molecular flexibility index (Phi) is 9.93. The number of phenols is 1. The number of nitrogens with zero attached hydrogens (tertiary/aromatic N) is 1. The number of phenolic OH excluding ortho intramolecular Hbond substituents is 1. The van der Waals surface area contributed by atoms with Crippen molar-refractivity contribution in [3.05, 3.63) is 53.1 Å². The molecule has 1 N–H and O–H groups in total. The number of hydrogen-bond acceptors (Lipinski definition) is 3. The summed E-state index contributed by atoms with van der Waals surface area (Å²) in [5.74, 6) is 0.302. The zero-order valence-electron chi connectivity index (χ0n) is 17.0. The van der Waals surface area contributed by atoms with Gasteiger partial charge in [-0.25, -0.2) is 0 Å². The average molecular weight is 496 g/mol. The quantitative estimate of drug-likeness (QED) is 0.246. The molecule has 0 heterocycles. The second-order valence-corrected chi connectivity index (χ2v) is 16.6. The van der Waals surface area contributed by atoms with Crippen LogP contribution in [0.25, 0.3) is 0 Å². The summed E-state index contributed by atoms with van der Waals surface area (Å²) in [6, 6.07) is 11.8. The summed E-state index contributed by atoms with van der Waals surface area (Å²) in [5, 5.41) is 10.8. The molecule has 0 fully saturated rings. The first-order valence-corrected chi connectivity index (χ1v) is 15.7. The van der Waals surface area contributed by atoms with Gasteiger partial charge in [-0.1, -0.05) is 59.7 Å². The van der Waals surface area contributed by atoms with E-state index in [4.69, 9.17) is 27.9 Å². The molecule has 0 saturated heterocycles. The minimum atomic E-state index is -1.92. The molecule has 0 bridgehead atoms. The summed E-state index contributed by atoms with van der Waals surface area (Å²) in [7, 11) is 14.9. The van der Waals surface area contributed by atoms with Gasteiger partial charge in [0.1, 0.15) is 5.75 Å². The van der Waals surface area contributed by atoms with Crippen molar-refractivity contribution in [3.8, 4) is 5.75 Å². The molecule has 0 radical (unpaired) electrons. The van der Waals surface area contributed by atoms with Gasteiger partial charge in [-0.05, 0) is 34.6 Å². The van der Waals surface area contributed by atoms with Crippen LogP contribution in [0.5, 0.6) is 5.75 Å². The number of hydrogen-bond donors (Lipinski definition) is 2. The van der Waals surface area contributed by atoms with Gasteiger partial charge in [0.25, 0.3) is 0 Å². The van der Waals surface area contributed by atoms with Gasteiger partial charge in [0.05, 0.1) is 5.69 Å². The fourth-order valence-electron chi connectivity index (χ4n) is 2.47. The number of rotatable bonds is 2. The summed E-state index contributed by atoms with van der Waals surface area (Å²) >= 11 is 2.51. The Hall–Kier alpha value is -0.156. The molecule has 0 amide bonds. The van der Waals surface area contributed by atoms with Crippen LogP contribution in [0.3, 0.4) is 0 Å². The van der Waals surface area contributed by atoms with Gasteiger partial charge < -0.3 is 5.11 Å². The van der Waals surface area contributed by atoms with E-state index >= 15 is 0 Å². The predicted molar refractivity (Wildman–Crippen MR) is 124 cm³/mol. The van der Waals surface area contributed by atoms with Crippen LogP contribution in [0.15, 0.2) is 46.3 Å². The minimum absolute atomic E-state index is 0.00224. The van der Waals surface area contributed by atoms with Gasteiger partial charge in [-0.3, -0.25) is 4.99 Å². The Balaban J connectivity index is 0.000000892. The molecule has 2 nitrogen and oxygen atoms in total. The monoisotopic (exact) mass is 494 g/mol. The third-order valence-electron chi connectivity index (χ3n) is 4.04. The van der Waals surface area contributed by atoms with Gasteiger partial charge in [0.15, 0.2) is 0 Å². The van der Waals surface area contributed by atoms with Gasteiger partial charge in [-0.2, -0.15) is 0 Å². The number of halogens is 3. The van der Waals surface area contributed by atoms with E-state index in [1.807, 2.05) is 30.3 Å². The van der Waals surface area contributed by atoms with E-state index in [9.17, 15) is 5.11 Å². The Morgan fingerprint density at radius 3 is 1.96 bits per heavy atom. The van der Waals surface area contributed by atoms with E-state index in [-0.39, 0.29) is 10.8 Å². The van der Waals surface area contributed by atoms with Crippen molar-refractivity contribution in [3.63, 3.8) is 0 Å². The molecule has 0 aliphatic carbocycles. The molecular weight excluding hydrogens is 469 g/mol. The van der Waals surface area contributed by atoms with E-state index < -0.39 is 14.7 Å². The maximum atomic E-state index is 10.8. The third kappa shape index (κ3) is 8.30. The first-order chi connectivity index (χ1) is 12.7. The molecule has 2 aromatic carbocycles. The summed E-state index contributed by atoms with van der Waals surface area (Å²) < 4.78 is 0. The van der Waals surface area contributed by atoms with Crippen molar-refractivity contribution in [1.29, 1.82) is 0 Å². The van der Waals surface area contributed by atoms with Gasteiger partial charge in [0.2, 0.25) is 0 Å². The van der Waals surface area contributed by atoms with Crippen LogP contribution >= 0.6 is 40.5 Å². The molecule has 28 heavy (non-hydrogen) atoms. The second kappa shape index (κ2) is 10.7. The molecule has 0 atom stereocenters. The Morgan fingerprint density at radius 2 is 1.50 bits per heavy atom. The van der Waals surface area contributed by atoms with Crippen LogP contribution < -0.4 is 0 Å². The van der Waals surface area contributed by atoms with Crippen LogP contribution in [-0.4, -0.2) is 11.3 Å². The van der Waals surface area contributed by atoms with E-state index in [0.717, 1.165) is 21.7 Å². The number of benzene rings is 2. The van der Waals surface area contributed by atoms with Crippen LogP contribution in [-0.2, 0) is 25.5 Å². The van der Waals surface area contributed by atoms with Crippen LogP contribution in [0.2, 0.25) is 0 Å². The molecule has 0 unspecified atom stereocenters. The van der Waals surface area contributed by atoms with E-state index in [2.05, 4.69) is 65.2 Å². The first-order valence-electron chi connectivity index (χ1n) is 8.77. The van der Waals surface area contributed by atoms with Gasteiger partial charge in [0, 0.05) is 22.2 Å². The predicted octanol–water partition coefficient (Wildman–Crippen LogP) is 8.09. The average Bonchev–Trinajstić information content (AvgIpc) is 2.52. The summed E-state index contributed by atoms with van der Waals surface area (Å²) in [5.41, 5.74) is 3.51. The van der Waals surface area contributed by atoms with Crippen molar-refractivity contribution in [2.75, 3.05) is 0 Å². The zero-order chi connectivity index (χ0) is 21.7. The second-order valence-electron chi connectivity index (χ2n) is 8.42. The summed E-state index contributed by atoms with van der Waals surface area (Å²) in [4.78, 5) is 5.34. The maximum absolute atomic E-state index is 10.8. The van der Waals surface area contributed by atoms with Crippen LogP contribution in [0, 0.1) is 0 Å². The topological polar surface area (TPSA) is 32.6 Å². The first kappa shape index (κ1) is 25.9. The van der Waals surface area contributed by atoms with Gasteiger partial charge >= 0.3 is 42.6 Å². The number of aromatic hydroxyl groups is 1.